The van der Waals surface area contributed by atoms with Gasteiger partial charge in [0.05, 0.1) is 0 Å². The summed E-state index contributed by atoms with van der Waals surface area (Å²) in [5.74, 6) is -1.09. The van der Waals surface area contributed by atoms with E-state index in [1.165, 1.54) is 17.7 Å². The van der Waals surface area contributed by atoms with E-state index in [9.17, 15) is 19.1 Å². The van der Waals surface area contributed by atoms with Crippen LogP contribution in [0.5, 0.6) is 5.75 Å². The SMILES string of the molecule is C=C(C)C(=O)NCc1ccc(CCC(O)Oc2ccc(-c3ccc(CC)cc3)cc2F)cc1CNC(=O)C(=C)C. The van der Waals surface area contributed by atoms with E-state index in [0.29, 0.717) is 17.6 Å². The fourth-order valence-electron chi connectivity index (χ4n) is 4.03. The third kappa shape index (κ3) is 8.64. The molecule has 0 bridgehead atoms. The summed E-state index contributed by atoms with van der Waals surface area (Å²) < 4.78 is 20.3. The van der Waals surface area contributed by atoms with Crippen LogP contribution in [0, 0.1) is 5.82 Å². The van der Waals surface area contributed by atoms with Crippen molar-refractivity contribution in [3.8, 4) is 16.9 Å². The second-order valence-corrected chi connectivity index (χ2v) is 9.84. The molecule has 0 aliphatic carbocycles. The first kappa shape index (κ1) is 30.3. The van der Waals surface area contributed by atoms with Gasteiger partial charge in [0.1, 0.15) is 0 Å². The lowest BCUT2D eigenvalue weighted by atomic mass is 10.0. The van der Waals surface area contributed by atoms with E-state index in [1.54, 1.807) is 19.9 Å². The molecule has 7 heteroatoms. The van der Waals surface area contributed by atoms with Crippen molar-refractivity contribution in [2.45, 2.75) is 59.4 Å². The normalized spacial score (nSPS) is 11.4. The molecular weight excluding hydrogens is 507 g/mol. The summed E-state index contributed by atoms with van der Waals surface area (Å²) in [7, 11) is 0. The minimum absolute atomic E-state index is 0.0202. The van der Waals surface area contributed by atoms with Gasteiger partial charge in [-0.3, -0.25) is 9.59 Å². The standard InChI is InChI=1S/C33H37FN2O4/c1-6-23-7-11-25(12-8-23)26-14-15-30(29(34)18-26)40-31(37)16-10-24-9-13-27(19-35-32(38)21(2)3)28(17-24)20-36-33(39)22(4)5/h7-9,11-15,17-18,31,37H,2,4,6,10,16,19-20H2,1,3,5H3,(H,35,38)(H,36,39). The number of hydrogen-bond acceptors (Lipinski definition) is 4. The average molecular weight is 545 g/mol. The van der Waals surface area contributed by atoms with Crippen molar-refractivity contribution in [1.82, 2.24) is 10.6 Å². The molecule has 0 radical (unpaired) electrons. The molecule has 2 amide bonds. The molecule has 0 aromatic heterocycles. The maximum Gasteiger partial charge on any atom is 0.246 e. The van der Waals surface area contributed by atoms with Crippen LogP contribution in [0.15, 0.2) is 85.0 Å². The Balaban J connectivity index is 1.65. The van der Waals surface area contributed by atoms with Crippen LogP contribution in [0.25, 0.3) is 11.1 Å². The second kappa shape index (κ2) is 14.2. The van der Waals surface area contributed by atoms with Crippen LogP contribution in [0.4, 0.5) is 4.39 Å². The van der Waals surface area contributed by atoms with Crippen LogP contribution in [-0.2, 0) is 35.5 Å². The predicted octanol–water partition coefficient (Wildman–Crippen LogP) is 5.77. The Morgan fingerprint density at radius 3 is 2.00 bits per heavy atom. The van der Waals surface area contributed by atoms with E-state index in [-0.39, 0.29) is 37.1 Å². The van der Waals surface area contributed by atoms with Gasteiger partial charge in [-0.1, -0.05) is 68.6 Å². The fourth-order valence-corrected chi connectivity index (χ4v) is 4.03. The summed E-state index contributed by atoms with van der Waals surface area (Å²) in [6.07, 6.45) is 0.391. The number of benzene rings is 3. The summed E-state index contributed by atoms with van der Waals surface area (Å²) in [6, 6.07) is 18.3. The Morgan fingerprint density at radius 2 is 1.43 bits per heavy atom. The maximum atomic E-state index is 14.8. The van der Waals surface area contributed by atoms with Crippen molar-refractivity contribution in [2.24, 2.45) is 0 Å². The molecule has 3 aromatic carbocycles. The molecule has 3 rings (SSSR count). The molecule has 1 unspecified atom stereocenters. The number of rotatable bonds is 13. The van der Waals surface area contributed by atoms with Crippen molar-refractivity contribution in [3.63, 3.8) is 0 Å². The van der Waals surface area contributed by atoms with Crippen LogP contribution < -0.4 is 15.4 Å². The quantitative estimate of drug-likeness (QED) is 0.188. The number of aliphatic hydroxyl groups is 1. The van der Waals surface area contributed by atoms with Gasteiger partial charge in [0.2, 0.25) is 11.8 Å². The van der Waals surface area contributed by atoms with Gasteiger partial charge in [0, 0.05) is 30.7 Å². The molecule has 0 aliphatic rings. The van der Waals surface area contributed by atoms with Gasteiger partial charge in [0.15, 0.2) is 17.9 Å². The zero-order valence-corrected chi connectivity index (χ0v) is 23.4. The molecule has 3 N–H and O–H groups in total. The molecule has 0 fully saturated rings. The van der Waals surface area contributed by atoms with Crippen LogP contribution in [0.3, 0.4) is 0 Å². The molecular formula is C33H37FN2O4. The van der Waals surface area contributed by atoms with E-state index in [1.807, 2.05) is 42.5 Å². The minimum Gasteiger partial charge on any atom is -0.462 e. The highest BCUT2D eigenvalue weighted by molar-refractivity contribution is 5.92. The van der Waals surface area contributed by atoms with Crippen molar-refractivity contribution < 1.29 is 23.8 Å². The fraction of sp³-hybridized carbons (Fsp3) is 0.273. The third-order valence-electron chi connectivity index (χ3n) is 6.50. The topological polar surface area (TPSA) is 87.7 Å². The van der Waals surface area contributed by atoms with E-state index in [0.717, 1.165) is 34.2 Å². The van der Waals surface area contributed by atoms with Gasteiger partial charge < -0.3 is 20.5 Å². The van der Waals surface area contributed by atoms with E-state index in [4.69, 9.17) is 4.74 Å². The largest absolute Gasteiger partial charge is 0.462 e. The number of aryl methyl sites for hydroxylation is 2. The van der Waals surface area contributed by atoms with Crippen LogP contribution in [0.2, 0.25) is 0 Å². The number of carbonyl (C=O) groups excluding carboxylic acids is 2. The monoisotopic (exact) mass is 544 g/mol. The summed E-state index contributed by atoms with van der Waals surface area (Å²) in [5, 5.41) is 16.1. The van der Waals surface area contributed by atoms with Gasteiger partial charge in [-0.05, 0) is 72.2 Å². The maximum absolute atomic E-state index is 14.8. The zero-order chi connectivity index (χ0) is 29.2. The predicted molar refractivity (Wildman–Crippen MR) is 156 cm³/mol. The number of carbonyl (C=O) groups is 2. The van der Waals surface area contributed by atoms with E-state index >= 15 is 0 Å². The Kier molecular flexibility index (Phi) is 10.8. The molecule has 0 saturated heterocycles. The Morgan fingerprint density at radius 1 is 0.850 bits per heavy atom. The Bertz CT molecular complexity index is 1380. The van der Waals surface area contributed by atoms with Gasteiger partial charge >= 0.3 is 0 Å². The smallest absolute Gasteiger partial charge is 0.246 e. The summed E-state index contributed by atoms with van der Waals surface area (Å²) in [6.45, 7) is 13.2. The number of halogens is 1. The molecule has 3 aromatic rings. The van der Waals surface area contributed by atoms with Crippen LogP contribution in [-0.4, -0.2) is 23.2 Å². The summed E-state index contributed by atoms with van der Waals surface area (Å²) in [4.78, 5) is 24.0. The molecule has 0 saturated carbocycles. The lowest BCUT2D eigenvalue weighted by Gasteiger charge is -2.16. The Labute approximate surface area is 235 Å². The lowest BCUT2D eigenvalue weighted by molar-refractivity contribution is -0.118. The highest BCUT2D eigenvalue weighted by Crippen LogP contribution is 2.27. The van der Waals surface area contributed by atoms with Crippen LogP contribution >= 0.6 is 0 Å². The first-order chi connectivity index (χ1) is 19.1. The summed E-state index contributed by atoms with van der Waals surface area (Å²) >= 11 is 0. The molecule has 1 atom stereocenters. The first-order valence-corrected chi connectivity index (χ1v) is 13.3. The van der Waals surface area contributed by atoms with Crippen molar-refractivity contribution >= 4 is 11.8 Å². The number of nitrogens with one attached hydrogen (secondary N) is 2. The van der Waals surface area contributed by atoms with Gasteiger partial charge in [-0.2, -0.15) is 0 Å². The zero-order valence-electron chi connectivity index (χ0n) is 23.4. The van der Waals surface area contributed by atoms with Crippen molar-refractivity contribution in [3.05, 3.63) is 113 Å². The first-order valence-electron chi connectivity index (χ1n) is 13.3. The molecule has 0 spiro atoms. The summed E-state index contributed by atoms with van der Waals surface area (Å²) in [5.41, 5.74) is 6.18. The molecule has 6 nitrogen and oxygen atoms in total. The van der Waals surface area contributed by atoms with Gasteiger partial charge in [0.25, 0.3) is 0 Å². The molecule has 0 aliphatic heterocycles. The average Bonchev–Trinajstić information content (AvgIpc) is 2.94. The van der Waals surface area contributed by atoms with E-state index < -0.39 is 12.1 Å². The van der Waals surface area contributed by atoms with Gasteiger partial charge in [-0.25, -0.2) is 4.39 Å². The van der Waals surface area contributed by atoms with Crippen molar-refractivity contribution in [2.75, 3.05) is 0 Å². The molecule has 210 valence electrons. The number of hydrogen-bond donors (Lipinski definition) is 3. The lowest BCUT2D eigenvalue weighted by Crippen LogP contribution is -2.26. The van der Waals surface area contributed by atoms with Gasteiger partial charge in [-0.15, -0.1) is 0 Å². The number of aliphatic hydroxyl groups excluding tert-OH is 1. The van der Waals surface area contributed by atoms with Crippen molar-refractivity contribution in [1.29, 1.82) is 0 Å². The number of amides is 2. The Hall–Kier alpha value is -4.23. The third-order valence-corrected chi connectivity index (χ3v) is 6.50. The minimum atomic E-state index is -1.22. The van der Waals surface area contributed by atoms with Crippen LogP contribution in [0.1, 0.15) is 49.4 Å². The second-order valence-electron chi connectivity index (χ2n) is 9.84. The van der Waals surface area contributed by atoms with E-state index in [2.05, 4.69) is 30.7 Å². The highest BCUT2D eigenvalue weighted by Gasteiger charge is 2.14. The number of ether oxygens (including phenoxy) is 1. The highest BCUT2D eigenvalue weighted by atomic mass is 19.1. The molecule has 0 heterocycles. The molecule has 40 heavy (non-hydrogen) atoms.